The van der Waals surface area contributed by atoms with Crippen molar-refractivity contribution >= 4 is 47.2 Å². The Hall–Kier alpha value is -1.87. The van der Waals surface area contributed by atoms with E-state index in [9.17, 15) is 5.11 Å². The van der Waals surface area contributed by atoms with Crippen LogP contribution in [0.5, 0.6) is 17.2 Å². The molecule has 0 amide bonds. The minimum atomic E-state index is 0. The molecule has 0 aromatic heterocycles. The number of ether oxygens (including phenoxy) is 2. The topological polar surface area (TPSA) is 89.1 Å². The summed E-state index contributed by atoms with van der Waals surface area (Å²) >= 11 is 6.06. The van der Waals surface area contributed by atoms with Crippen molar-refractivity contribution in [1.29, 1.82) is 0 Å². The first-order chi connectivity index (χ1) is 11.5. The van der Waals surface area contributed by atoms with Gasteiger partial charge in [0, 0.05) is 12.2 Å². The highest BCUT2D eigenvalue weighted by molar-refractivity contribution is 14.0. The third-order valence-electron chi connectivity index (χ3n) is 3.39. The lowest BCUT2D eigenvalue weighted by molar-refractivity contribution is 0.370. The number of halogens is 2. The molecule has 0 aliphatic carbocycles. The lowest BCUT2D eigenvalue weighted by Crippen LogP contribution is -2.23. The van der Waals surface area contributed by atoms with Crippen LogP contribution in [0.15, 0.2) is 41.4 Å². The maximum atomic E-state index is 10.0. The molecular formula is C17H21ClIN3O3. The summed E-state index contributed by atoms with van der Waals surface area (Å²) in [5, 5.41) is 13.5. The summed E-state index contributed by atoms with van der Waals surface area (Å²) in [5.41, 5.74) is 7.32. The van der Waals surface area contributed by atoms with E-state index < -0.39 is 0 Å². The number of phenolic OH excluding ortho intramolecular Hbond substituents is 1. The second-order valence-electron chi connectivity index (χ2n) is 4.96. The molecule has 136 valence electrons. The number of nitrogens with one attached hydrogen (secondary N) is 1. The van der Waals surface area contributed by atoms with Gasteiger partial charge < -0.3 is 25.6 Å². The van der Waals surface area contributed by atoms with Gasteiger partial charge in [-0.05, 0) is 36.2 Å². The molecular weight excluding hydrogens is 457 g/mol. The van der Waals surface area contributed by atoms with E-state index in [0.29, 0.717) is 35.2 Å². The van der Waals surface area contributed by atoms with Crippen LogP contribution in [0, 0.1) is 0 Å². The third-order valence-corrected chi connectivity index (χ3v) is 3.69. The van der Waals surface area contributed by atoms with Gasteiger partial charge in [-0.15, -0.1) is 24.0 Å². The summed E-state index contributed by atoms with van der Waals surface area (Å²) in [4.78, 5) is 4.24. The first-order valence-corrected chi connectivity index (χ1v) is 7.68. The summed E-state index contributed by atoms with van der Waals surface area (Å²) in [7, 11) is 3.07. The first kappa shape index (κ1) is 21.2. The van der Waals surface area contributed by atoms with Gasteiger partial charge >= 0.3 is 0 Å². The Morgan fingerprint density at radius 3 is 2.56 bits per heavy atom. The summed E-state index contributed by atoms with van der Waals surface area (Å²) < 4.78 is 10.2. The van der Waals surface area contributed by atoms with Crippen molar-refractivity contribution in [2.75, 3.05) is 26.1 Å². The highest BCUT2D eigenvalue weighted by atomic mass is 127. The molecule has 2 aromatic carbocycles. The van der Waals surface area contributed by atoms with Crippen LogP contribution in [-0.2, 0) is 6.42 Å². The van der Waals surface area contributed by atoms with Crippen molar-refractivity contribution in [2.24, 2.45) is 10.7 Å². The average Bonchev–Trinajstić information content (AvgIpc) is 2.56. The molecule has 0 fully saturated rings. The zero-order valence-corrected chi connectivity index (χ0v) is 17.0. The molecule has 0 bridgehead atoms. The van der Waals surface area contributed by atoms with Gasteiger partial charge in [0.25, 0.3) is 0 Å². The number of benzene rings is 2. The summed E-state index contributed by atoms with van der Waals surface area (Å²) in [6.07, 6.45) is 0.536. The van der Waals surface area contributed by atoms with E-state index in [0.717, 1.165) is 5.56 Å². The first-order valence-electron chi connectivity index (χ1n) is 7.30. The molecule has 0 spiro atoms. The normalized spacial score (nSPS) is 10.8. The van der Waals surface area contributed by atoms with Gasteiger partial charge in [0.05, 0.1) is 19.2 Å². The monoisotopic (exact) mass is 477 g/mol. The number of rotatable bonds is 6. The highest BCUT2D eigenvalue weighted by Gasteiger charge is 2.07. The van der Waals surface area contributed by atoms with E-state index in [-0.39, 0.29) is 35.7 Å². The molecule has 0 saturated heterocycles. The van der Waals surface area contributed by atoms with Crippen molar-refractivity contribution in [3.05, 3.63) is 47.0 Å². The van der Waals surface area contributed by atoms with Crippen LogP contribution in [0.2, 0.25) is 5.02 Å². The lowest BCUT2D eigenvalue weighted by atomic mass is 10.1. The average molecular weight is 478 g/mol. The number of phenols is 1. The van der Waals surface area contributed by atoms with Gasteiger partial charge in [0.15, 0.2) is 17.5 Å². The largest absolute Gasteiger partial charge is 0.504 e. The second-order valence-corrected chi connectivity index (χ2v) is 5.37. The maximum absolute atomic E-state index is 10.0. The fraction of sp³-hybridized carbons (Fsp3) is 0.235. The van der Waals surface area contributed by atoms with E-state index in [1.165, 1.54) is 7.11 Å². The number of methoxy groups -OCH3 is 2. The Labute approximate surface area is 169 Å². The van der Waals surface area contributed by atoms with Crippen LogP contribution in [0.4, 0.5) is 5.69 Å². The van der Waals surface area contributed by atoms with E-state index in [1.54, 1.807) is 31.4 Å². The van der Waals surface area contributed by atoms with Crippen molar-refractivity contribution in [1.82, 2.24) is 0 Å². The number of para-hydroxylation sites is 1. The van der Waals surface area contributed by atoms with E-state index in [2.05, 4.69) is 10.3 Å². The molecule has 0 saturated carbocycles. The lowest BCUT2D eigenvalue weighted by Gasteiger charge is -2.09. The zero-order valence-electron chi connectivity index (χ0n) is 14.0. The fourth-order valence-corrected chi connectivity index (χ4v) is 2.42. The molecule has 0 aliphatic rings. The quantitative estimate of drug-likeness (QED) is 0.336. The predicted molar refractivity (Wildman–Crippen MR) is 112 cm³/mol. The predicted octanol–water partition coefficient (Wildman–Crippen LogP) is 3.65. The van der Waals surface area contributed by atoms with Crippen LogP contribution in [-0.4, -0.2) is 31.8 Å². The fourth-order valence-electron chi connectivity index (χ4n) is 2.16. The number of hydrogen-bond acceptors (Lipinski definition) is 4. The number of guanidine groups is 1. The van der Waals surface area contributed by atoms with Crippen molar-refractivity contribution < 1.29 is 14.6 Å². The Bertz CT molecular complexity index is 741. The molecule has 2 rings (SSSR count). The molecule has 2 aromatic rings. The summed E-state index contributed by atoms with van der Waals surface area (Å²) in [6.45, 7) is 0.420. The molecule has 0 radical (unpaired) electrons. The number of nitrogens with zero attached hydrogens (tertiary/aromatic N) is 1. The zero-order chi connectivity index (χ0) is 17.5. The van der Waals surface area contributed by atoms with E-state index >= 15 is 0 Å². The molecule has 0 heterocycles. The van der Waals surface area contributed by atoms with Gasteiger partial charge in [-0.3, -0.25) is 4.99 Å². The van der Waals surface area contributed by atoms with Crippen LogP contribution < -0.4 is 20.5 Å². The van der Waals surface area contributed by atoms with Crippen molar-refractivity contribution in [3.63, 3.8) is 0 Å². The Kier molecular flexibility index (Phi) is 8.64. The third kappa shape index (κ3) is 5.86. The molecule has 0 unspecified atom stereocenters. The standard InChI is InChI=1S/C17H20ClN3O3.HI/c1-23-14-7-6-12(10-13(14)18)21-17(19)20-9-8-11-4-3-5-15(24-2)16(11)22;/h3-7,10,22H,8-9H2,1-2H3,(H3,19,20,21);1H. The minimum absolute atomic E-state index is 0. The maximum Gasteiger partial charge on any atom is 0.193 e. The second kappa shape index (κ2) is 10.2. The number of nitrogens with two attached hydrogens (primary N) is 1. The van der Waals surface area contributed by atoms with Crippen LogP contribution >= 0.6 is 35.6 Å². The van der Waals surface area contributed by atoms with E-state index in [1.807, 2.05) is 12.1 Å². The van der Waals surface area contributed by atoms with Gasteiger partial charge in [0.2, 0.25) is 0 Å². The van der Waals surface area contributed by atoms with Crippen molar-refractivity contribution in [3.8, 4) is 17.2 Å². The molecule has 25 heavy (non-hydrogen) atoms. The number of aliphatic imine (C=N–C) groups is 1. The smallest absolute Gasteiger partial charge is 0.193 e. The SMILES string of the molecule is COc1ccc(NC(N)=NCCc2cccc(OC)c2O)cc1Cl.I. The molecule has 0 aliphatic heterocycles. The van der Waals surface area contributed by atoms with Gasteiger partial charge in [0.1, 0.15) is 5.75 Å². The van der Waals surface area contributed by atoms with Crippen LogP contribution in [0.1, 0.15) is 5.56 Å². The van der Waals surface area contributed by atoms with E-state index in [4.69, 9.17) is 26.8 Å². The van der Waals surface area contributed by atoms with Gasteiger partial charge in [-0.1, -0.05) is 23.7 Å². The summed E-state index contributed by atoms with van der Waals surface area (Å²) in [5.74, 6) is 1.42. The number of hydrogen-bond donors (Lipinski definition) is 3. The number of aromatic hydroxyl groups is 1. The minimum Gasteiger partial charge on any atom is -0.504 e. The van der Waals surface area contributed by atoms with Gasteiger partial charge in [-0.25, -0.2) is 0 Å². The Balaban J connectivity index is 0.00000312. The van der Waals surface area contributed by atoms with Crippen molar-refractivity contribution in [2.45, 2.75) is 6.42 Å². The number of anilines is 1. The molecule has 8 heteroatoms. The Morgan fingerprint density at radius 1 is 1.20 bits per heavy atom. The molecule has 6 nitrogen and oxygen atoms in total. The van der Waals surface area contributed by atoms with Crippen LogP contribution in [0.25, 0.3) is 0 Å². The van der Waals surface area contributed by atoms with Crippen LogP contribution in [0.3, 0.4) is 0 Å². The highest BCUT2D eigenvalue weighted by Crippen LogP contribution is 2.29. The van der Waals surface area contributed by atoms with Gasteiger partial charge in [-0.2, -0.15) is 0 Å². The molecule has 4 N–H and O–H groups in total. The molecule has 0 atom stereocenters. The Morgan fingerprint density at radius 2 is 1.92 bits per heavy atom. The summed E-state index contributed by atoms with van der Waals surface area (Å²) in [6, 6.07) is 10.6.